The van der Waals surface area contributed by atoms with Gasteiger partial charge in [-0.05, 0) is 43.8 Å². The fourth-order valence-electron chi connectivity index (χ4n) is 3.64. The van der Waals surface area contributed by atoms with Gasteiger partial charge in [0.05, 0.1) is 5.69 Å². The van der Waals surface area contributed by atoms with E-state index in [2.05, 4.69) is 45.8 Å². The Kier molecular flexibility index (Phi) is 4.94. The topological polar surface area (TPSA) is 71.9 Å². The third-order valence-corrected chi connectivity index (χ3v) is 5.45. The van der Waals surface area contributed by atoms with Gasteiger partial charge in [-0.1, -0.05) is 34.3 Å². The van der Waals surface area contributed by atoms with Crippen LogP contribution in [0.1, 0.15) is 46.3 Å². The van der Waals surface area contributed by atoms with Crippen molar-refractivity contribution < 1.29 is 4.79 Å². The summed E-state index contributed by atoms with van der Waals surface area (Å²) in [4.78, 5) is 23.8. The molecule has 1 fully saturated rings. The average molecular weight is 379 g/mol. The van der Waals surface area contributed by atoms with Crippen molar-refractivity contribution >= 4 is 17.4 Å². The smallest absolute Gasteiger partial charge is 0.275 e. The van der Waals surface area contributed by atoms with Gasteiger partial charge in [0.25, 0.3) is 5.91 Å². The second-order valence-corrected chi connectivity index (χ2v) is 7.58. The number of hydrogen-bond donors (Lipinski definition) is 0. The molecule has 1 aliphatic heterocycles. The molecule has 3 heterocycles. The van der Waals surface area contributed by atoms with Crippen LogP contribution in [0.15, 0.2) is 35.8 Å². The average Bonchev–Trinajstić information content (AvgIpc) is 3.22. The van der Waals surface area contributed by atoms with Crippen LogP contribution >= 0.6 is 11.5 Å². The van der Waals surface area contributed by atoms with Gasteiger partial charge in [-0.3, -0.25) is 4.79 Å². The molecule has 0 aliphatic carbocycles. The lowest BCUT2D eigenvalue weighted by Crippen LogP contribution is -2.39. The molecule has 7 heteroatoms. The molecule has 0 radical (unpaired) electrons. The number of likely N-dealkylation sites (tertiary alicyclic amines) is 1. The zero-order valence-corrected chi connectivity index (χ0v) is 16.2. The molecule has 1 unspecified atom stereocenters. The maximum atomic E-state index is 12.7. The largest absolute Gasteiger partial charge is 0.337 e. The van der Waals surface area contributed by atoms with Gasteiger partial charge in [0.1, 0.15) is 5.82 Å². The Morgan fingerprint density at radius 3 is 2.96 bits per heavy atom. The monoisotopic (exact) mass is 379 g/mol. The molecule has 6 nitrogen and oxygen atoms in total. The highest BCUT2D eigenvalue weighted by atomic mass is 32.1. The van der Waals surface area contributed by atoms with Crippen LogP contribution in [0, 0.1) is 13.8 Å². The molecule has 138 valence electrons. The number of aryl methyl sites for hydroxylation is 2. The Morgan fingerprint density at radius 2 is 2.19 bits per heavy atom. The molecule has 1 saturated heterocycles. The maximum Gasteiger partial charge on any atom is 0.275 e. The molecule has 1 amide bonds. The Bertz CT molecular complexity index is 957. The molecule has 0 bridgehead atoms. The van der Waals surface area contributed by atoms with Gasteiger partial charge >= 0.3 is 0 Å². The summed E-state index contributed by atoms with van der Waals surface area (Å²) < 4.78 is 3.81. The predicted octanol–water partition coefficient (Wildman–Crippen LogP) is 3.63. The molecule has 3 aromatic rings. The summed E-state index contributed by atoms with van der Waals surface area (Å²) in [6.07, 6.45) is 3.87. The van der Waals surface area contributed by atoms with Crippen LogP contribution in [-0.2, 0) is 0 Å². The summed E-state index contributed by atoms with van der Waals surface area (Å²) in [6.45, 7) is 5.39. The number of benzene rings is 1. The van der Waals surface area contributed by atoms with Crippen molar-refractivity contribution in [2.75, 3.05) is 13.1 Å². The van der Waals surface area contributed by atoms with E-state index in [0.29, 0.717) is 12.2 Å². The fraction of sp³-hybridized carbons (Fsp3) is 0.350. The van der Waals surface area contributed by atoms with Crippen LogP contribution in [0.3, 0.4) is 0 Å². The Labute approximate surface area is 162 Å². The van der Waals surface area contributed by atoms with E-state index in [1.807, 2.05) is 18.0 Å². The zero-order chi connectivity index (χ0) is 18.8. The lowest BCUT2D eigenvalue weighted by atomic mass is 9.89. The summed E-state index contributed by atoms with van der Waals surface area (Å²) in [5, 5.41) is 5.64. The number of hydrogen-bond acceptors (Lipinski definition) is 6. The number of amides is 1. The van der Waals surface area contributed by atoms with Gasteiger partial charge in [-0.2, -0.15) is 0 Å². The van der Waals surface area contributed by atoms with E-state index in [4.69, 9.17) is 4.98 Å². The molecular weight excluding hydrogens is 358 g/mol. The van der Waals surface area contributed by atoms with Crippen LogP contribution in [0.2, 0.25) is 0 Å². The van der Waals surface area contributed by atoms with Crippen LogP contribution in [0.25, 0.3) is 11.1 Å². The highest BCUT2D eigenvalue weighted by Crippen LogP contribution is 2.33. The van der Waals surface area contributed by atoms with Crippen molar-refractivity contribution in [3.05, 3.63) is 58.6 Å². The Hall–Kier alpha value is -2.67. The Balaban J connectivity index is 1.66. The van der Waals surface area contributed by atoms with Crippen LogP contribution in [0.5, 0.6) is 0 Å². The summed E-state index contributed by atoms with van der Waals surface area (Å²) >= 11 is 1.20. The number of nitrogens with zero attached hydrogens (tertiary/aromatic N) is 5. The highest BCUT2D eigenvalue weighted by Gasteiger charge is 2.29. The van der Waals surface area contributed by atoms with Gasteiger partial charge in [-0.15, -0.1) is 5.10 Å². The first-order chi connectivity index (χ1) is 13.1. The SMILES string of the molecule is Cc1cccc(-c2cnc(C)nc2C2CCCN(C(=O)c3csnn3)C2)c1. The van der Waals surface area contributed by atoms with Crippen LogP contribution < -0.4 is 0 Å². The second kappa shape index (κ2) is 7.52. The zero-order valence-electron chi connectivity index (χ0n) is 15.4. The number of aromatic nitrogens is 4. The highest BCUT2D eigenvalue weighted by molar-refractivity contribution is 7.03. The first-order valence-electron chi connectivity index (χ1n) is 9.08. The number of carbonyl (C=O) groups is 1. The van der Waals surface area contributed by atoms with Crippen LogP contribution in [-0.4, -0.2) is 43.5 Å². The molecular formula is C20H21N5OS. The molecule has 2 aromatic heterocycles. The first-order valence-corrected chi connectivity index (χ1v) is 9.92. The fourth-order valence-corrected chi connectivity index (χ4v) is 4.07. The molecule has 1 atom stereocenters. The minimum absolute atomic E-state index is 0.0451. The summed E-state index contributed by atoms with van der Waals surface area (Å²) in [5.74, 6) is 0.899. The Morgan fingerprint density at radius 1 is 1.30 bits per heavy atom. The predicted molar refractivity (Wildman–Crippen MR) is 105 cm³/mol. The minimum Gasteiger partial charge on any atom is -0.337 e. The van der Waals surface area contributed by atoms with E-state index < -0.39 is 0 Å². The van der Waals surface area contributed by atoms with Crippen molar-refractivity contribution in [3.8, 4) is 11.1 Å². The molecule has 0 spiro atoms. The first kappa shape index (κ1) is 17.7. The molecule has 1 aromatic carbocycles. The molecule has 27 heavy (non-hydrogen) atoms. The molecule has 0 saturated carbocycles. The van der Waals surface area contributed by atoms with Crippen molar-refractivity contribution in [3.63, 3.8) is 0 Å². The van der Waals surface area contributed by atoms with Crippen molar-refractivity contribution in [2.24, 2.45) is 0 Å². The van der Waals surface area contributed by atoms with Gasteiger partial charge in [0.2, 0.25) is 0 Å². The quantitative estimate of drug-likeness (QED) is 0.695. The molecule has 0 N–H and O–H groups in total. The normalized spacial score (nSPS) is 17.1. The van der Waals surface area contributed by atoms with Crippen molar-refractivity contribution in [1.82, 2.24) is 24.5 Å². The third-order valence-electron chi connectivity index (χ3n) is 4.94. The number of piperidine rings is 1. The second-order valence-electron chi connectivity index (χ2n) is 6.97. The van der Waals surface area contributed by atoms with Crippen molar-refractivity contribution in [2.45, 2.75) is 32.6 Å². The summed E-state index contributed by atoms with van der Waals surface area (Å²) in [7, 11) is 0. The minimum atomic E-state index is -0.0451. The third kappa shape index (κ3) is 3.73. The van der Waals surface area contributed by atoms with Crippen molar-refractivity contribution in [1.29, 1.82) is 0 Å². The van der Waals surface area contributed by atoms with Gasteiger partial charge < -0.3 is 4.90 Å². The molecule has 1 aliphatic rings. The molecule has 4 rings (SSSR count). The van der Waals surface area contributed by atoms with E-state index >= 15 is 0 Å². The van der Waals surface area contributed by atoms with E-state index in [1.54, 1.807) is 5.38 Å². The van der Waals surface area contributed by atoms with E-state index in [-0.39, 0.29) is 11.8 Å². The maximum absolute atomic E-state index is 12.7. The lowest BCUT2D eigenvalue weighted by Gasteiger charge is -2.33. The van der Waals surface area contributed by atoms with Crippen LogP contribution in [0.4, 0.5) is 0 Å². The summed E-state index contributed by atoms with van der Waals surface area (Å²) in [6, 6.07) is 8.39. The number of carbonyl (C=O) groups excluding carboxylic acids is 1. The van der Waals surface area contributed by atoms with E-state index in [0.717, 1.165) is 42.0 Å². The standard InChI is InChI=1S/C20H21N5OS/c1-13-5-3-6-15(9-13)17-10-21-14(2)22-19(17)16-7-4-8-25(11-16)20(26)18-12-27-24-23-18/h3,5-6,9-10,12,16H,4,7-8,11H2,1-2H3. The summed E-state index contributed by atoms with van der Waals surface area (Å²) in [5.41, 5.74) is 4.84. The van der Waals surface area contributed by atoms with E-state index in [9.17, 15) is 4.79 Å². The van der Waals surface area contributed by atoms with Gasteiger partial charge in [0.15, 0.2) is 5.69 Å². The van der Waals surface area contributed by atoms with Gasteiger partial charge in [-0.25, -0.2) is 9.97 Å². The number of rotatable bonds is 3. The van der Waals surface area contributed by atoms with Gasteiger partial charge in [0, 0.05) is 36.1 Å². The van der Waals surface area contributed by atoms with E-state index in [1.165, 1.54) is 17.1 Å². The lowest BCUT2D eigenvalue weighted by molar-refractivity contribution is 0.0700.